The van der Waals surface area contributed by atoms with Crippen LogP contribution in [0.1, 0.15) is 48.6 Å². The molecule has 0 bridgehead atoms. The zero-order chi connectivity index (χ0) is 15.2. The summed E-state index contributed by atoms with van der Waals surface area (Å²) in [7, 11) is 0. The van der Waals surface area contributed by atoms with Crippen LogP contribution in [0.15, 0.2) is 42.5 Å². The van der Waals surface area contributed by atoms with Crippen molar-refractivity contribution in [1.82, 2.24) is 5.32 Å². The molecule has 2 heteroatoms. The molecule has 0 aromatic heterocycles. The fourth-order valence-corrected chi connectivity index (χ4v) is 2.53. The number of nitrogens with one attached hydrogen (secondary N) is 1. The average Bonchev–Trinajstić information content (AvgIpc) is 2.51. The fraction of sp³-hybridized carbons (Fsp3) is 0.368. The zero-order valence-corrected chi connectivity index (χ0v) is 13.1. The summed E-state index contributed by atoms with van der Waals surface area (Å²) in [6.45, 7) is 7.13. The summed E-state index contributed by atoms with van der Waals surface area (Å²) in [6, 6.07) is 13.7. The number of rotatable bonds is 6. The molecule has 0 aliphatic carbocycles. The van der Waals surface area contributed by atoms with Gasteiger partial charge in [0.25, 0.3) is 0 Å². The first-order chi connectivity index (χ1) is 10.2. The van der Waals surface area contributed by atoms with Crippen LogP contribution in [-0.2, 0) is 6.42 Å². The van der Waals surface area contributed by atoms with Crippen molar-refractivity contribution in [3.63, 3.8) is 0 Å². The highest BCUT2D eigenvalue weighted by atomic mass is 19.1. The van der Waals surface area contributed by atoms with Gasteiger partial charge < -0.3 is 5.32 Å². The fourth-order valence-electron chi connectivity index (χ4n) is 2.53. The molecule has 2 rings (SSSR count). The zero-order valence-electron chi connectivity index (χ0n) is 13.1. The molecule has 112 valence electrons. The predicted molar refractivity (Wildman–Crippen MR) is 87.1 cm³/mol. The predicted octanol–water partition coefficient (Wildman–Crippen LogP) is 4.79. The molecule has 2 aromatic rings. The lowest BCUT2D eigenvalue weighted by molar-refractivity contribution is 0.546. The summed E-state index contributed by atoms with van der Waals surface area (Å²) in [5, 5.41) is 3.47. The van der Waals surface area contributed by atoms with Crippen LogP contribution in [0.5, 0.6) is 0 Å². The first-order valence-corrected chi connectivity index (χ1v) is 7.74. The van der Waals surface area contributed by atoms with Crippen LogP contribution in [0.3, 0.4) is 0 Å². The first kappa shape index (κ1) is 15.7. The summed E-state index contributed by atoms with van der Waals surface area (Å²) < 4.78 is 14.2. The van der Waals surface area contributed by atoms with E-state index in [9.17, 15) is 4.39 Å². The quantitative estimate of drug-likeness (QED) is 0.805. The van der Waals surface area contributed by atoms with Gasteiger partial charge in [-0.1, -0.05) is 55.8 Å². The van der Waals surface area contributed by atoms with E-state index >= 15 is 0 Å². The van der Waals surface area contributed by atoms with Crippen molar-refractivity contribution in [2.45, 2.75) is 39.7 Å². The van der Waals surface area contributed by atoms with Gasteiger partial charge in [-0.05, 0) is 43.5 Å². The molecule has 0 radical (unpaired) electrons. The molecular formula is C19H24FN. The van der Waals surface area contributed by atoms with Crippen molar-refractivity contribution in [2.24, 2.45) is 0 Å². The Morgan fingerprint density at radius 1 is 1.05 bits per heavy atom. The Hall–Kier alpha value is -1.67. The number of aryl methyl sites for hydroxylation is 2. The van der Waals surface area contributed by atoms with Gasteiger partial charge in [0.1, 0.15) is 5.82 Å². The van der Waals surface area contributed by atoms with E-state index in [-0.39, 0.29) is 11.9 Å². The van der Waals surface area contributed by atoms with Crippen LogP contribution >= 0.6 is 0 Å². The van der Waals surface area contributed by atoms with Crippen molar-refractivity contribution in [3.05, 3.63) is 70.5 Å². The second-order valence-corrected chi connectivity index (χ2v) is 5.51. The van der Waals surface area contributed by atoms with Crippen LogP contribution in [-0.4, -0.2) is 6.54 Å². The topological polar surface area (TPSA) is 12.0 Å². The monoisotopic (exact) mass is 285 g/mol. The summed E-state index contributed by atoms with van der Waals surface area (Å²) >= 11 is 0. The molecule has 1 atom stereocenters. The third kappa shape index (κ3) is 3.92. The van der Waals surface area contributed by atoms with Gasteiger partial charge in [-0.3, -0.25) is 0 Å². The molecular weight excluding hydrogens is 261 g/mol. The molecule has 0 spiro atoms. The average molecular weight is 285 g/mol. The highest BCUT2D eigenvalue weighted by Crippen LogP contribution is 2.26. The minimum Gasteiger partial charge on any atom is -0.306 e. The van der Waals surface area contributed by atoms with Crippen molar-refractivity contribution < 1.29 is 4.39 Å². The van der Waals surface area contributed by atoms with Gasteiger partial charge in [-0.25, -0.2) is 4.39 Å². The molecule has 0 amide bonds. The van der Waals surface area contributed by atoms with E-state index in [0.717, 1.165) is 36.1 Å². The van der Waals surface area contributed by atoms with Gasteiger partial charge in [0, 0.05) is 5.56 Å². The molecule has 0 saturated heterocycles. The molecule has 1 nitrogen and oxygen atoms in total. The lowest BCUT2D eigenvalue weighted by Gasteiger charge is -2.21. The molecule has 21 heavy (non-hydrogen) atoms. The highest BCUT2D eigenvalue weighted by molar-refractivity contribution is 5.36. The molecule has 0 aliphatic heterocycles. The summed E-state index contributed by atoms with van der Waals surface area (Å²) in [5.74, 6) is -0.145. The van der Waals surface area contributed by atoms with Crippen molar-refractivity contribution in [2.75, 3.05) is 6.54 Å². The van der Waals surface area contributed by atoms with Crippen LogP contribution in [0, 0.1) is 12.7 Å². The smallest absolute Gasteiger partial charge is 0.128 e. The second kappa shape index (κ2) is 7.37. The number of hydrogen-bond acceptors (Lipinski definition) is 1. The number of hydrogen-bond donors (Lipinski definition) is 1. The lowest BCUT2D eigenvalue weighted by atomic mass is 9.95. The third-order valence-electron chi connectivity index (χ3n) is 3.78. The van der Waals surface area contributed by atoms with E-state index in [2.05, 4.69) is 43.4 Å². The van der Waals surface area contributed by atoms with E-state index < -0.39 is 0 Å². The van der Waals surface area contributed by atoms with E-state index in [4.69, 9.17) is 0 Å². The van der Waals surface area contributed by atoms with Crippen molar-refractivity contribution in [3.8, 4) is 0 Å². The standard InChI is InChI=1S/C19H24FN/c1-4-12-21-19(16-9-7-15(5-2)8-10-16)17-13-14(3)6-11-18(17)20/h6-11,13,19,21H,4-5,12H2,1-3H3. The molecule has 0 heterocycles. The highest BCUT2D eigenvalue weighted by Gasteiger charge is 2.17. The van der Waals surface area contributed by atoms with Crippen LogP contribution in [0.25, 0.3) is 0 Å². The van der Waals surface area contributed by atoms with E-state index in [1.54, 1.807) is 6.07 Å². The molecule has 0 fully saturated rings. The summed E-state index contributed by atoms with van der Waals surface area (Å²) in [6.07, 6.45) is 2.04. The Morgan fingerprint density at radius 2 is 1.76 bits per heavy atom. The van der Waals surface area contributed by atoms with E-state index in [1.165, 1.54) is 5.56 Å². The van der Waals surface area contributed by atoms with Gasteiger partial charge in [0.15, 0.2) is 0 Å². The first-order valence-electron chi connectivity index (χ1n) is 7.74. The number of halogens is 1. The third-order valence-corrected chi connectivity index (χ3v) is 3.78. The summed E-state index contributed by atoms with van der Waals surface area (Å²) in [5.41, 5.74) is 4.23. The van der Waals surface area contributed by atoms with Gasteiger partial charge in [-0.2, -0.15) is 0 Å². The molecule has 0 aliphatic rings. The molecule has 0 saturated carbocycles. The van der Waals surface area contributed by atoms with Crippen LogP contribution in [0.2, 0.25) is 0 Å². The Morgan fingerprint density at radius 3 is 2.38 bits per heavy atom. The maximum atomic E-state index is 14.2. The van der Waals surface area contributed by atoms with Crippen LogP contribution < -0.4 is 5.32 Å². The largest absolute Gasteiger partial charge is 0.306 e. The van der Waals surface area contributed by atoms with E-state index in [1.807, 2.05) is 19.1 Å². The van der Waals surface area contributed by atoms with Crippen LogP contribution in [0.4, 0.5) is 4.39 Å². The Balaban J connectivity index is 2.38. The van der Waals surface area contributed by atoms with Gasteiger partial charge >= 0.3 is 0 Å². The van der Waals surface area contributed by atoms with Gasteiger partial charge in [0.2, 0.25) is 0 Å². The second-order valence-electron chi connectivity index (χ2n) is 5.51. The maximum Gasteiger partial charge on any atom is 0.128 e. The van der Waals surface area contributed by atoms with Crippen molar-refractivity contribution in [1.29, 1.82) is 0 Å². The molecule has 1 N–H and O–H groups in total. The Bertz CT molecular complexity index is 575. The summed E-state index contributed by atoms with van der Waals surface area (Å²) in [4.78, 5) is 0. The normalized spacial score (nSPS) is 12.4. The molecule has 1 unspecified atom stereocenters. The number of benzene rings is 2. The Kier molecular flexibility index (Phi) is 5.51. The lowest BCUT2D eigenvalue weighted by Crippen LogP contribution is -2.24. The Labute approximate surface area is 127 Å². The van der Waals surface area contributed by atoms with Crippen molar-refractivity contribution >= 4 is 0 Å². The maximum absolute atomic E-state index is 14.2. The van der Waals surface area contributed by atoms with Gasteiger partial charge in [-0.15, -0.1) is 0 Å². The molecule has 2 aromatic carbocycles. The van der Waals surface area contributed by atoms with E-state index in [0.29, 0.717) is 0 Å². The SMILES string of the molecule is CCCNC(c1ccc(CC)cc1)c1cc(C)ccc1F. The van der Waals surface area contributed by atoms with Gasteiger partial charge in [0.05, 0.1) is 6.04 Å². The minimum absolute atomic E-state index is 0.0873. The minimum atomic E-state index is -0.145.